The highest BCUT2D eigenvalue weighted by molar-refractivity contribution is 6.52. The lowest BCUT2D eigenvalue weighted by molar-refractivity contribution is -0.393. The zero-order chi connectivity index (χ0) is 25.3. The first-order valence-electron chi connectivity index (χ1n) is 10.0. The standard InChI is InChI=1S/C24H21N3O7/c1-4-7-16(6-3)23(25-34-22(28)8-5-2)24(29)18-11-9-17(10-12-18)20-14-13-19(26(30)31)15-21(20)27(32)33/h4,6-7,9-15H,1,3,5,8H2,2H3/b16-7+,25-23-. The van der Waals surface area contributed by atoms with Crippen LogP contribution in [0.2, 0.25) is 0 Å². The molecule has 0 saturated carbocycles. The van der Waals surface area contributed by atoms with Gasteiger partial charge in [-0.1, -0.05) is 67.7 Å². The van der Waals surface area contributed by atoms with Gasteiger partial charge in [-0.3, -0.25) is 25.0 Å². The maximum atomic E-state index is 13.1. The van der Waals surface area contributed by atoms with Crippen LogP contribution in [0.3, 0.4) is 0 Å². The van der Waals surface area contributed by atoms with Crippen LogP contribution < -0.4 is 0 Å². The number of nitrogens with zero attached hydrogens (tertiary/aromatic N) is 3. The number of carbonyl (C=O) groups is 2. The summed E-state index contributed by atoms with van der Waals surface area (Å²) in [5.41, 5.74) is -0.0666. The van der Waals surface area contributed by atoms with Gasteiger partial charge in [0.15, 0.2) is 5.71 Å². The molecule has 10 heteroatoms. The number of carbonyl (C=O) groups excluding carboxylic acids is 2. The summed E-state index contributed by atoms with van der Waals surface area (Å²) < 4.78 is 0. The first kappa shape index (κ1) is 25.5. The molecule has 0 heterocycles. The molecule has 0 saturated heterocycles. The second-order valence-electron chi connectivity index (χ2n) is 6.84. The van der Waals surface area contributed by atoms with Crippen molar-refractivity contribution in [3.8, 4) is 11.1 Å². The fourth-order valence-electron chi connectivity index (χ4n) is 2.91. The van der Waals surface area contributed by atoms with Crippen molar-refractivity contribution in [2.24, 2.45) is 5.16 Å². The summed E-state index contributed by atoms with van der Waals surface area (Å²) in [5.74, 6) is -1.18. The Morgan fingerprint density at radius 3 is 2.26 bits per heavy atom. The van der Waals surface area contributed by atoms with Crippen molar-refractivity contribution in [1.29, 1.82) is 0 Å². The predicted molar refractivity (Wildman–Crippen MR) is 126 cm³/mol. The highest BCUT2D eigenvalue weighted by Crippen LogP contribution is 2.33. The molecule has 10 nitrogen and oxygen atoms in total. The quantitative estimate of drug-likeness (QED) is 0.109. The number of Topliss-reactive ketones (excluding diaryl/α,β-unsaturated/α-hetero) is 1. The zero-order valence-electron chi connectivity index (χ0n) is 18.3. The molecule has 0 spiro atoms. The van der Waals surface area contributed by atoms with Gasteiger partial charge in [0, 0.05) is 23.6 Å². The molecule has 174 valence electrons. The van der Waals surface area contributed by atoms with Gasteiger partial charge in [0.2, 0.25) is 5.78 Å². The molecule has 0 radical (unpaired) electrons. The molecule has 0 bridgehead atoms. The van der Waals surface area contributed by atoms with E-state index in [-0.39, 0.29) is 28.8 Å². The smallest absolute Gasteiger partial charge is 0.318 e. The Hall–Kier alpha value is -4.73. The van der Waals surface area contributed by atoms with Crippen molar-refractivity contribution in [3.05, 3.63) is 105 Å². The highest BCUT2D eigenvalue weighted by Gasteiger charge is 2.22. The maximum absolute atomic E-state index is 13.1. The van der Waals surface area contributed by atoms with Crippen molar-refractivity contribution in [3.63, 3.8) is 0 Å². The molecule has 0 atom stereocenters. The second-order valence-corrected chi connectivity index (χ2v) is 6.84. The Balaban J connectivity index is 2.46. The number of nitro groups is 2. The minimum Gasteiger partial charge on any atom is -0.318 e. The number of hydrogen-bond donors (Lipinski definition) is 0. The van der Waals surface area contributed by atoms with E-state index in [1.165, 1.54) is 48.6 Å². The largest absolute Gasteiger partial charge is 0.335 e. The van der Waals surface area contributed by atoms with Gasteiger partial charge in [0.1, 0.15) is 0 Å². The van der Waals surface area contributed by atoms with Crippen LogP contribution >= 0.6 is 0 Å². The summed E-state index contributed by atoms with van der Waals surface area (Å²) in [4.78, 5) is 50.6. The Morgan fingerprint density at radius 1 is 1.06 bits per heavy atom. The summed E-state index contributed by atoms with van der Waals surface area (Å²) in [7, 11) is 0. The van der Waals surface area contributed by atoms with E-state index in [0.717, 1.165) is 12.1 Å². The molecule has 2 aromatic carbocycles. The van der Waals surface area contributed by atoms with E-state index in [4.69, 9.17) is 4.84 Å². The van der Waals surface area contributed by atoms with Crippen LogP contribution in [-0.4, -0.2) is 27.3 Å². The van der Waals surface area contributed by atoms with Crippen molar-refractivity contribution in [2.45, 2.75) is 19.8 Å². The fourth-order valence-corrected chi connectivity index (χ4v) is 2.91. The minimum absolute atomic E-state index is 0.127. The number of rotatable bonds is 11. The van der Waals surface area contributed by atoms with E-state index in [2.05, 4.69) is 18.3 Å². The van der Waals surface area contributed by atoms with Crippen LogP contribution in [0, 0.1) is 20.2 Å². The molecule has 34 heavy (non-hydrogen) atoms. The number of allylic oxidation sites excluding steroid dienone is 4. The summed E-state index contributed by atoms with van der Waals surface area (Å²) in [5, 5.41) is 26.1. The van der Waals surface area contributed by atoms with Crippen LogP contribution in [0.25, 0.3) is 11.1 Å². The van der Waals surface area contributed by atoms with Gasteiger partial charge in [-0.25, -0.2) is 4.79 Å². The third kappa shape index (κ3) is 6.16. The molecule has 0 amide bonds. The van der Waals surface area contributed by atoms with Gasteiger partial charge < -0.3 is 4.84 Å². The third-order valence-corrected chi connectivity index (χ3v) is 4.55. The van der Waals surface area contributed by atoms with Gasteiger partial charge in [-0.05, 0) is 18.1 Å². The van der Waals surface area contributed by atoms with Crippen LogP contribution in [0.5, 0.6) is 0 Å². The number of ketones is 1. The van der Waals surface area contributed by atoms with Crippen LogP contribution in [0.15, 0.2) is 84.6 Å². The fraction of sp³-hybridized carbons (Fsp3) is 0.125. The SMILES string of the molecule is C=C/C=C(C=C)/C(=N/OC(=O)CCC)C(=O)c1ccc(-c2ccc([N+](=O)[O-])cc2[N+](=O)[O-])cc1. The normalized spacial score (nSPS) is 11.4. The summed E-state index contributed by atoms with van der Waals surface area (Å²) >= 11 is 0. The number of non-ortho nitro benzene ring substituents is 1. The molecule has 0 aliphatic heterocycles. The number of hydrogen-bond acceptors (Lipinski definition) is 8. The highest BCUT2D eigenvalue weighted by atomic mass is 16.7. The van der Waals surface area contributed by atoms with Crippen molar-refractivity contribution < 1.29 is 24.3 Å². The molecule has 2 rings (SSSR count). The molecule has 0 aromatic heterocycles. The van der Waals surface area contributed by atoms with Gasteiger partial charge in [-0.15, -0.1) is 0 Å². The first-order chi connectivity index (χ1) is 16.2. The van der Waals surface area contributed by atoms with E-state index in [0.29, 0.717) is 12.0 Å². The minimum atomic E-state index is -0.722. The molecular weight excluding hydrogens is 442 g/mol. The average Bonchev–Trinajstić information content (AvgIpc) is 2.83. The molecule has 0 fully saturated rings. The van der Waals surface area contributed by atoms with Gasteiger partial charge >= 0.3 is 5.97 Å². The first-order valence-corrected chi connectivity index (χ1v) is 10.0. The topological polar surface area (TPSA) is 142 Å². The van der Waals surface area contributed by atoms with Crippen LogP contribution in [0.4, 0.5) is 11.4 Å². The second kappa shape index (κ2) is 11.8. The summed E-state index contributed by atoms with van der Waals surface area (Å²) in [6, 6.07) is 9.07. The molecule has 0 unspecified atom stereocenters. The maximum Gasteiger partial charge on any atom is 0.335 e. The molecule has 0 N–H and O–H groups in total. The third-order valence-electron chi connectivity index (χ3n) is 4.55. The van der Waals surface area contributed by atoms with E-state index in [1.807, 2.05) is 0 Å². The van der Waals surface area contributed by atoms with Crippen LogP contribution in [-0.2, 0) is 9.63 Å². The summed E-state index contributed by atoms with van der Waals surface area (Å²) in [6.07, 6.45) is 4.93. The Morgan fingerprint density at radius 2 is 1.74 bits per heavy atom. The van der Waals surface area contributed by atoms with Crippen molar-refractivity contribution in [2.75, 3.05) is 0 Å². The van der Waals surface area contributed by atoms with E-state index < -0.39 is 33.0 Å². The lowest BCUT2D eigenvalue weighted by atomic mass is 9.97. The van der Waals surface area contributed by atoms with E-state index in [1.54, 1.807) is 6.92 Å². The van der Waals surface area contributed by atoms with Crippen molar-refractivity contribution in [1.82, 2.24) is 0 Å². The average molecular weight is 463 g/mol. The van der Waals surface area contributed by atoms with Gasteiger partial charge in [-0.2, -0.15) is 0 Å². The van der Waals surface area contributed by atoms with Gasteiger partial charge in [0.25, 0.3) is 11.4 Å². The molecule has 2 aromatic rings. The Labute approximate surface area is 194 Å². The lowest BCUT2D eigenvalue weighted by Gasteiger charge is -2.08. The van der Waals surface area contributed by atoms with Crippen LogP contribution in [0.1, 0.15) is 30.1 Å². The van der Waals surface area contributed by atoms with Crippen molar-refractivity contribution >= 4 is 28.8 Å². The monoisotopic (exact) mass is 463 g/mol. The van der Waals surface area contributed by atoms with E-state index >= 15 is 0 Å². The predicted octanol–water partition coefficient (Wildman–Crippen LogP) is 5.35. The zero-order valence-corrected chi connectivity index (χ0v) is 18.3. The molecule has 0 aliphatic carbocycles. The molecular formula is C24H21N3O7. The number of oxime groups is 1. The number of benzene rings is 2. The number of nitro benzene ring substituents is 2. The van der Waals surface area contributed by atoms with E-state index in [9.17, 15) is 29.8 Å². The Kier molecular flexibility index (Phi) is 8.83. The Bertz CT molecular complexity index is 1210. The lowest BCUT2D eigenvalue weighted by Crippen LogP contribution is -2.18. The molecule has 0 aliphatic rings. The van der Waals surface area contributed by atoms with Gasteiger partial charge in [0.05, 0.1) is 21.5 Å². The summed E-state index contributed by atoms with van der Waals surface area (Å²) in [6.45, 7) is 9.01.